The third-order valence-electron chi connectivity index (χ3n) is 3.08. The van der Waals surface area contributed by atoms with Gasteiger partial charge in [0.25, 0.3) is 0 Å². The predicted octanol–water partition coefficient (Wildman–Crippen LogP) is 4.40. The third kappa shape index (κ3) is 6.25. The average Bonchev–Trinajstić information content (AvgIpc) is 2.52. The average molecular weight is 350 g/mol. The fourth-order valence-corrected chi connectivity index (χ4v) is 4.88. The van der Waals surface area contributed by atoms with Gasteiger partial charge < -0.3 is 13.3 Å². The summed E-state index contributed by atoms with van der Waals surface area (Å²) in [6.07, 6.45) is 2.19. The molecule has 132 valence electrons. The third-order valence-corrected chi connectivity index (χ3v) is 5.80. The van der Waals surface area contributed by atoms with Crippen LogP contribution in [0.5, 0.6) is 0 Å². The van der Waals surface area contributed by atoms with E-state index < -0.39 is 26.3 Å². The number of hydrogen-bond donors (Lipinski definition) is 0. The first-order valence-electron chi connectivity index (χ1n) is 8.03. The Kier molecular flexibility index (Phi) is 8.83. The minimum atomic E-state index is -3.28. The molecule has 0 aromatic heterocycles. The molecule has 1 aromatic rings. The van der Waals surface area contributed by atoms with E-state index in [1.54, 1.807) is 0 Å². The van der Waals surface area contributed by atoms with Gasteiger partial charge in [-0.1, -0.05) is 20.8 Å². The van der Waals surface area contributed by atoms with Crippen LogP contribution in [-0.2, 0) is 19.3 Å². The number of rotatable bonds is 11. The summed E-state index contributed by atoms with van der Waals surface area (Å²) in [5.74, 6) is -2.84. The molecule has 0 N–H and O–H groups in total. The minimum Gasteiger partial charge on any atom is -0.373 e. The normalized spacial score (nSPS) is 11.9. The molecule has 0 saturated heterocycles. The lowest BCUT2D eigenvalue weighted by molar-refractivity contribution is 0.0578. The molecule has 3 nitrogen and oxygen atoms in total. The van der Waals surface area contributed by atoms with Crippen LogP contribution in [0.15, 0.2) is 12.1 Å². The molecule has 0 bridgehead atoms. The van der Waals surface area contributed by atoms with E-state index >= 15 is 0 Å². The van der Waals surface area contributed by atoms with E-state index in [9.17, 15) is 13.2 Å². The van der Waals surface area contributed by atoms with Gasteiger partial charge in [-0.05, 0) is 19.3 Å². The van der Waals surface area contributed by atoms with Crippen LogP contribution in [0.25, 0.3) is 0 Å². The predicted molar refractivity (Wildman–Crippen MR) is 84.5 cm³/mol. The molecule has 0 aliphatic carbocycles. The van der Waals surface area contributed by atoms with E-state index in [0.29, 0.717) is 32.0 Å². The maximum Gasteiger partial charge on any atom is 0.505 e. The van der Waals surface area contributed by atoms with Gasteiger partial charge in [0, 0.05) is 43.6 Å². The number of halogens is 3. The summed E-state index contributed by atoms with van der Waals surface area (Å²) in [5, 5.41) is 0. The van der Waals surface area contributed by atoms with Crippen molar-refractivity contribution >= 4 is 8.80 Å². The minimum absolute atomic E-state index is 0.148. The zero-order valence-electron chi connectivity index (χ0n) is 14.0. The van der Waals surface area contributed by atoms with Crippen molar-refractivity contribution in [2.75, 3.05) is 19.8 Å². The van der Waals surface area contributed by atoms with E-state index in [2.05, 4.69) is 0 Å². The summed E-state index contributed by atoms with van der Waals surface area (Å²) in [4.78, 5) is 0. The highest BCUT2D eigenvalue weighted by Gasteiger charge is 2.43. The highest BCUT2D eigenvalue weighted by Crippen LogP contribution is 2.23. The second-order valence-electron chi connectivity index (χ2n) is 5.25. The van der Waals surface area contributed by atoms with Crippen LogP contribution in [-0.4, -0.2) is 28.6 Å². The summed E-state index contributed by atoms with van der Waals surface area (Å²) >= 11 is 0. The van der Waals surface area contributed by atoms with Gasteiger partial charge in [0.15, 0.2) is 0 Å². The Morgan fingerprint density at radius 2 is 1.17 bits per heavy atom. The van der Waals surface area contributed by atoms with Crippen LogP contribution in [0.2, 0.25) is 0 Å². The standard InChI is InChI=1S/C16H25F3O3Si/c1-4-7-20-23(21-8-5-2,22-9-6-3)12-14-15(18)10-13(17)11-16(14)19/h10-11H,4-9,12H2,1-3H3. The van der Waals surface area contributed by atoms with Gasteiger partial charge >= 0.3 is 8.80 Å². The Bertz CT molecular complexity index is 441. The Hall–Kier alpha value is -0.893. The Morgan fingerprint density at radius 3 is 1.52 bits per heavy atom. The second kappa shape index (κ2) is 10.1. The van der Waals surface area contributed by atoms with Crippen molar-refractivity contribution in [3.05, 3.63) is 35.1 Å². The summed E-state index contributed by atoms with van der Waals surface area (Å²) in [5.41, 5.74) is -0.249. The van der Waals surface area contributed by atoms with Crippen molar-refractivity contribution in [3.63, 3.8) is 0 Å². The molecular weight excluding hydrogens is 325 g/mol. The molecule has 0 amide bonds. The van der Waals surface area contributed by atoms with Gasteiger partial charge in [0.05, 0.1) is 0 Å². The van der Waals surface area contributed by atoms with Crippen molar-refractivity contribution in [3.8, 4) is 0 Å². The van der Waals surface area contributed by atoms with Crippen molar-refractivity contribution in [1.82, 2.24) is 0 Å². The van der Waals surface area contributed by atoms with Gasteiger partial charge in [-0.15, -0.1) is 0 Å². The summed E-state index contributed by atoms with van der Waals surface area (Å²) in [6.45, 7) is 6.92. The van der Waals surface area contributed by atoms with Gasteiger partial charge in [-0.25, -0.2) is 13.2 Å². The van der Waals surface area contributed by atoms with Crippen LogP contribution in [0, 0.1) is 17.5 Å². The molecule has 1 rings (SSSR count). The molecular formula is C16H25F3O3Si. The quantitative estimate of drug-likeness (QED) is 0.554. The van der Waals surface area contributed by atoms with Crippen molar-refractivity contribution in [1.29, 1.82) is 0 Å². The number of benzene rings is 1. The summed E-state index contributed by atoms with van der Waals surface area (Å²) in [7, 11) is -3.28. The Morgan fingerprint density at radius 1 is 0.783 bits per heavy atom. The van der Waals surface area contributed by atoms with E-state index in [0.717, 1.165) is 19.3 Å². The van der Waals surface area contributed by atoms with Crippen molar-refractivity contribution < 1.29 is 26.4 Å². The highest BCUT2D eigenvalue weighted by atomic mass is 28.4. The zero-order chi connectivity index (χ0) is 17.3. The lowest BCUT2D eigenvalue weighted by Gasteiger charge is -2.30. The molecule has 0 heterocycles. The molecule has 0 saturated carbocycles. The lowest BCUT2D eigenvalue weighted by Crippen LogP contribution is -2.49. The summed E-state index contributed by atoms with van der Waals surface area (Å²) in [6, 6.07) is 1.18. The Labute approximate surface area is 137 Å². The van der Waals surface area contributed by atoms with Gasteiger partial charge in [0.1, 0.15) is 17.5 Å². The Balaban J connectivity index is 3.10. The smallest absolute Gasteiger partial charge is 0.373 e. The molecule has 0 unspecified atom stereocenters. The van der Waals surface area contributed by atoms with Gasteiger partial charge in [-0.3, -0.25) is 0 Å². The molecule has 0 aliphatic rings. The maximum atomic E-state index is 14.0. The van der Waals surface area contributed by atoms with Crippen LogP contribution in [0.4, 0.5) is 13.2 Å². The fraction of sp³-hybridized carbons (Fsp3) is 0.625. The largest absolute Gasteiger partial charge is 0.505 e. The first-order valence-corrected chi connectivity index (χ1v) is 9.96. The van der Waals surface area contributed by atoms with Crippen LogP contribution < -0.4 is 0 Å². The molecule has 1 aromatic carbocycles. The molecule has 0 spiro atoms. The monoisotopic (exact) mass is 350 g/mol. The second-order valence-corrected chi connectivity index (χ2v) is 7.84. The first kappa shape index (κ1) is 20.2. The van der Waals surface area contributed by atoms with Crippen LogP contribution in [0.3, 0.4) is 0 Å². The molecule has 0 radical (unpaired) electrons. The van der Waals surface area contributed by atoms with E-state index in [4.69, 9.17) is 13.3 Å². The molecule has 0 aliphatic heterocycles. The van der Waals surface area contributed by atoms with Crippen LogP contribution in [0.1, 0.15) is 45.6 Å². The topological polar surface area (TPSA) is 27.7 Å². The van der Waals surface area contributed by atoms with E-state index in [1.807, 2.05) is 20.8 Å². The van der Waals surface area contributed by atoms with Gasteiger partial charge in [-0.2, -0.15) is 0 Å². The fourth-order valence-electron chi connectivity index (χ4n) is 2.01. The maximum absolute atomic E-state index is 14.0. The molecule has 7 heteroatoms. The molecule has 0 atom stereocenters. The highest BCUT2D eigenvalue weighted by molar-refractivity contribution is 6.60. The first-order chi connectivity index (χ1) is 11.0. The number of hydrogen-bond acceptors (Lipinski definition) is 3. The SMILES string of the molecule is CCCO[Si](Cc1c(F)cc(F)cc1F)(OCCC)OCCC. The lowest BCUT2D eigenvalue weighted by atomic mass is 10.2. The molecule has 23 heavy (non-hydrogen) atoms. The van der Waals surface area contributed by atoms with Crippen LogP contribution >= 0.6 is 0 Å². The van der Waals surface area contributed by atoms with Crippen molar-refractivity contribution in [2.45, 2.75) is 46.1 Å². The molecule has 0 fully saturated rings. The van der Waals surface area contributed by atoms with Gasteiger partial charge in [0.2, 0.25) is 0 Å². The summed E-state index contributed by atoms with van der Waals surface area (Å²) < 4.78 is 58.4. The van der Waals surface area contributed by atoms with E-state index in [1.165, 1.54) is 0 Å². The van der Waals surface area contributed by atoms with Crippen molar-refractivity contribution in [2.24, 2.45) is 0 Å². The zero-order valence-corrected chi connectivity index (χ0v) is 15.0. The van der Waals surface area contributed by atoms with E-state index in [-0.39, 0.29) is 11.6 Å².